The number of benzene rings is 2. The lowest BCUT2D eigenvalue weighted by Gasteiger charge is -2.07. The number of guanidine groups is 1. The van der Waals surface area contributed by atoms with E-state index in [-0.39, 0.29) is 5.75 Å². The average molecular weight is 301 g/mol. The fourth-order valence-electron chi connectivity index (χ4n) is 1.87. The largest absolute Gasteiger partial charge is 0.504 e. The van der Waals surface area contributed by atoms with Gasteiger partial charge in [-0.15, -0.1) is 0 Å². The van der Waals surface area contributed by atoms with E-state index < -0.39 is 0 Å². The van der Waals surface area contributed by atoms with Crippen LogP contribution in [0.3, 0.4) is 0 Å². The van der Waals surface area contributed by atoms with Crippen molar-refractivity contribution in [2.45, 2.75) is 6.54 Å². The summed E-state index contributed by atoms with van der Waals surface area (Å²) in [5, 5.41) is 12.7. The van der Waals surface area contributed by atoms with Crippen LogP contribution in [0.4, 0.5) is 5.69 Å². The van der Waals surface area contributed by atoms with Gasteiger partial charge in [-0.1, -0.05) is 6.07 Å². The Balaban J connectivity index is 1.98. The molecular weight excluding hydrogens is 282 g/mol. The normalized spacial score (nSPS) is 11.1. The van der Waals surface area contributed by atoms with Crippen LogP contribution in [0.2, 0.25) is 0 Å². The number of anilines is 1. The van der Waals surface area contributed by atoms with Crippen molar-refractivity contribution in [3.8, 4) is 17.2 Å². The lowest BCUT2D eigenvalue weighted by molar-refractivity contribution is 0.373. The predicted molar refractivity (Wildman–Crippen MR) is 86.6 cm³/mol. The first kappa shape index (κ1) is 15.5. The third-order valence-corrected chi connectivity index (χ3v) is 3.04. The number of rotatable bonds is 5. The molecule has 4 N–H and O–H groups in total. The second kappa shape index (κ2) is 7.21. The quantitative estimate of drug-likeness (QED) is 0.582. The first-order chi connectivity index (χ1) is 10.6. The highest BCUT2D eigenvalue weighted by atomic mass is 16.5. The summed E-state index contributed by atoms with van der Waals surface area (Å²) >= 11 is 0. The van der Waals surface area contributed by atoms with Gasteiger partial charge in [0.25, 0.3) is 0 Å². The first-order valence-corrected chi connectivity index (χ1v) is 6.69. The molecule has 0 unspecified atom stereocenters. The van der Waals surface area contributed by atoms with Crippen LogP contribution in [0.25, 0.3) is 0 Å². The Morgan fingerprint density at radius 1 is 1.14 bits per heavy atom. The van der Waals surface area contributed by atoms with Gasteiger partial charge in [-0.3, -0.25) is 0 Å². The molecule has 116 valence electrons. The summed E-state index contributed by atoms with van der Waals surface area (Å²) in [6, 6.07) is 12.5. The molecule has 2 aromatic rings. The Bertz CT molecular complexity index is 654. The van der Waals surface area contributed by atoms with Gasteiger partial charge in [0, 0.05) is 5.69 Å². The van der Waals surface area contributed by atoms with Crippen molar-refractivity contribution >= 4 is 11.6 Å². The molecule has 0 atom stereocenters. The number of nitrogens with one attached hydrogen (secondary N) is 1. The zero-order chi connectivity index (χ0) is 15.9. The molecule has 22 heavy (non-hydrogen) atoms. The number of phenols is 1. The van der Waals surface area contributed by atoms with Gasteiger partial charge in [-0.05, 0) is 42.0 Å². The minimum absolute atomic E-state index is 0.0804. The molecule has 0 amide bonds. The van der Waals surface area contributed by atoms with Crippen molar-refractivity contribution in [2.75, 3.05) is 19.5 Å². The van der Waals surface area contributed by atoms with Crippen molar-refractivity contribution in [1.82, 2.24) is 0 Å². The standard InChI is InChI=1S/C16H19N3O3/c1-21-13-6-4-12(5-7-13)19-16(17)18-10-11-3-8-15(22-2)14(20)9-11/h3-9,20H,10H2,1-2H3,(H3,17,18,19). The van der Waals surface area contributed by atoms with Crippen molar-refractivity contribution in [2.24, 2.45) is 10.7 Å². The highest BCUT2D eigenvalue weighted by molar-refractivity contribution is 5.92. The first-order valence-electron chi connectivity index (χ1n) is 6.69. The summed E-state index contributed by atoms with van der Waals surface area (Å²) in [6.45, 7) is 0.354. The second-order valence-electron chi connectivity index (χ2n) is 4.56. The molecule has 0 saturated heterocycles. The minimum Gasteiger partial charge on any atom is -0.504 e. The van der Waals surface area contributed by atoms with Crippen LogP contribution in [0.1, 0.15) is 5.56 Å². The SMILES string of the molecule is COc1ccc(NC(N)=NCc2ccc(OC)c(O)c2)cc1. The highest BCUT2D eigenvalue weighted by Crippen LogP contribution is 2.26. The zero-order valence-corrected chi connectivity index (χ0v) is 12.5. The molecule has 2 rings (SSSR count). The molecule has 0 saturated carbocycles. The molecule has 0 heterocycles. The lowest BCUT2D eigenvalue weighted by atomic mass is 10.2. The lowest BCUT2D eigenvalue weighted by Crippen LogP contribution is -2.22. The van der Waals surface area contributed by atoms with Gasteiger partial charge in [0.15, 0.2) is 17.5 Å². The van der Waals surface area contributed by atoms with Crippen molar-refractivity contribution < 1.29 is 14.6 Å². The van der Waals surface area contributed by atoms with Gasteiger partial charge in [0.2, 0.25) is 0 Å². The number of methoxy groups -OCH3 is 2. The molecule has 0 radical (unpaired) electrons. The van der Waals surface area contributed by atoms with E-state index in [1.54, 1.807) is 19.2 Å². The highest BCUT2D eigenvalue weighted by Gasteiger charge is 2.02. The topological polar surface area (TPSA) is 89.1 Å². The minimum atomic E-state index is 0.0804. The van der Waals surface area contributed by atoms with E-state index >= 15 is 0 Å². The van der Waals surface area contributed by atoms with Gasteiger partial charge in [-0.25, -0.2) is 4.99 Å². The van der Waals surface area contributed by atoms with Crippen LogP contribution in [0.5, 0.6) is 17.2 Å². The van der Waals surface area contributed by atoms with Gasteiger partial charge in [-0.2, -0.15) is 0 Å². The molecule has 0 aliphatic rings. The van der Waals surface area contributed by atoms with E-state index in [0.717, 1.165) is 17.0 Å². The molecule has 0 spiro atoms. The van der Waals surface area contributed by atoms with Crippen molar-refractivity contribution in [1.29, 1.82) is 0 Å². The third-order valence-electron chi connectivity index (χ3n) is 3.04. The average Bonchev–Trinajstić information content (AvgIpc) is 2.54. The maximum absolute atomic E-state index is 9.71. The van der Waals surface area contributed by atoms with E-state index in [1.807, 2.05) is 30.3 Å². The Hall–Kier alpha value is -2.89. The van der Waals surface area contributed by atoms with E-state index in [0.29, 0.717) is 18.3 Å². The molecular formula is C16H19N3O3. The van der Waals surface area contributed by atoms with Crippen LogP contribution in [-0.2, 0) is 6.54 Å². The monoisotopic (exact) mass is 301 g/mol. The predicted octanol–water partition coefficient (Wildman–Crippen LogP) is 2.34. The molecule has 0 bridgehead atoms. The molecule has 6 nitrogen and oxygen atoms in total. The fraction of sp³-hybridized carbons (Fsp3) is 0.188. The van der Waals surface area contributed by atoms with E-state index in [4.69, 9.17) is 15.2 Å². The number of aromatic hydroxyl groups is 1. The Morgan fingerprint density at radius 2 is 1.86 bits per heavy atom. The van der Waals surface area contributed by atoms with Crippen LogP contribution in [0.15, 0.2) is 47.5 Å². The van der Waals surface area contributed by atoms with Crippen LogP contribution >= 0.6 is 0 Å². The summed E-state index contributed by atoms with van der Waals surface area (Å²) in [6.07, 6.45) is 0. The van der Waals surface area contributed by atoms with Gasteiger partial charge in [0.05, 0.1) is 20.8 Å². The molecule has 6 heteroatoms. The molecule has 2 aromatic carbocycles. The number of nitrogens with zero attached hydrogens (tertiary/aromatic N) is 1. The second-order valence-corrected chi connectivity index (χ2v) is 4.56. The summed E-state index contributed by atoms with van der Waals surface area (Å²) in [7, 11) is 3.12. The van der Waals surface area contributed by atoms with E-state index in [2.05, 4.69) is 10.3 Å². The van der Waals surface area contributed by atoms with Gasteiger partial charge < -0.3 is 25.6 Å². The number of hydrogen-bond donors (Lipinski definition) is 3. The number of ether oxygens (including phenoxy) is 2. The maximum Gasteiger partial charge on any atom is 0.193 e. The molecule has 0 aliphatic heterocycles. The van der Waals surface area contributed by atoms with E-state index in [9.17, 15) is 5.11 Å². The van der Waals surface area contributed by atoms with Crippen LogP contribution in [0, 0.1) is 0 Å². The van der Waals surface area contributed by atoms with Crippen LogP contribution < -0.4 is 20.5 Å². The zero-order valence-electron chi connectivity index (χ0n) is 12.5. The Labute approximate surface area is 129 Å². The van der Waals surface area contributed by atoms with E-state index in [1.165, 1.54) is 7.11 Å². The number of nitrogens with two attached hydrogens (primary N) is 1. The maximum atomic E-state index is 9.71. The summed E-state index contributed by atoms with van der Waals surface area (Å²) in [5.74, 6) is 1.57. The molecule has 0 aliphatic carbocycles. The number of hydrogen-bond acceptors (Lipinski definition) is 4. The molecule has 0 fully saturated rings. The van der Waals surface area contributed by atoms with Crippen LogP contribution in [-0.4, -0.2) is 25.3 Å². The number of phenolic OH excluding ortho intramolecular Hbond substituents is 1. The third kappa shape index (κ3) is 4.05. The summed E-state index contributed by atoms with van der Waals surface area (Å²) in [5.41, 5.74) is 7.49. The number of aliphatic imine (C=N–C) groups is 1. The fourth-order valence-corrected chi connectivity index (χ4v) is 1.87. The Kier molecular flexibility index (Phi) is 5.08. The van der Waals surface area contributed by atoms with Gasteiger partial charge >= 0.3 is 0 Å². The van der Waals surface area contributed by atoms with Crippen molar-refractivity contribution in [3.63, 3.8) is 0 Å². The Morgan fingerprint density at radius 3 is 2.45 bits per heavy atom. The van der Waals surface area contributed by atoms with Gasteiger partial charge in [0.1, 0.15) is 5.75 Å². The summed E-state index contributed by atoms with van der Waals surface area (Å²) in [4.78, 5) is 4.23. The summed E-state index contributed by atoms with van der Waals surface area (Å²) < 4.78 is 10.1. The van der Waals surface area contributed by atoms with Crippen molar-refractivity contribution in [3.05, 3.63) is 48.0 Å². The molecule has 0 aromatic heterocycles. The smallest absolute Gasteiger partial charge is 0.193 e.